The van der Waals surface area contributed by atoms with Crippen molar-refractivity contribution in [3.63, 3.8) is 0 Å². The molecule has 1 fully saturated rings. The zero-order valence-corrected chi connectivity index (χ0v) is 6.99. The Hall–Kier alpha value is -0.860. The number of hydrogen-bond donors (Lipinski definition) is 1. The van der Waals surface area contributed by atoms with E-state index in [0.717, 1.165) is 19.3 Å². The van der Waals surface area contributed by atoms with Gasteiger partial charge in [0, 0.05) is 5.71 Å². The van der Waals surface area contributed by atoms with Crippen LogP contribution >= 0.6 is 0 Å². The summed E-state index contributed by atoms with van der Waals surface area (Å²) in [4.78, 5) is 14.9. The molecule has 0 radical (unpaired) electrons. The molecular formula is C9H13NO2. The Kier molecular flexibility index (Phi) is 1.87. The summed E-state index contributed by atoms with van der Waals surface area (Å²) >= 11 is 0. The molecule has 0 aromatic heterocycles. The normalized spacial score (nSPS) is 34.2. The number of nitrogens with zero attached hydrogens (tertiary/aromatic N) is 1. The molecule has 2 rings (SSSR count). The van der Waals surface area contributed by atoms with Crippen LogP contribution < -0.4 is 0 Å². The van der Waals surface area contributed by atoms with Crippen molar-refractivity contribution in [1.82, 2.24) is 0 Å². The van der Waals surface area contributed by atoms with E-state index in [-0.39, 0.29) is 0 Å². The van der Waals surface area contributed by atoms with Crippen LogP contribution in [0.4, 0.5) is 0 Å². The highest BCUT2D eigenvalue weighted by Crippen LogP contribution is 2.31. The Morgan fingerprint density at radius 1 is 1.50 bits per heavy atom. The molecule has 12 heavy (non-hydrogen) atoms. The van der Waals surface area contributed by atoms with Crippen LogP contribution in [0.25, 0.3) is 0 Å². The van der Waals surface area contributed by atoms with E-state index in [2.05, 4.69) is 4.99 Å². The van der Waals surface area contributed by atoms with Gasteiger partial charge in [-0.2, -0.15) is 0 Å². The molecule has 0 amide bonds. The molecule has 0 aromatic carbocycles. The Morgan fingerprint density at radius 3 is 3.00 bits per heavy atom. The van der Waals surface area contributed by atoms with Crippen molar-refractivity contribution in [3.05, 3.63) is 0 Å². The highest BCUT2D eigenvalue weighted by atomic mass is 16.4. The molecule has 0 unspecified atom stereocenters. The van der Waals surface area contributed by atoms with Gasteiger partial charge in [0.1, 0.15) is 6.04 Å². The average molecular weight is 167 g/mol. The van der Waals surface area contributed by atoms with Crippen LogP contribution in [0.3, 0.4) is 0 Å². The lowest BCUT2D eigenvalue weighted by Crippen LogP contribution is -2.17. The second-order valence-electron chi connectivity index (χ2n) is 3.65. The van der Waals surface area contributed by atoms with Crippen LogP contribution in [0, 0.1) is 5.92 Å². The lowest BCUT2D eigenvalue weighted by atomic mass is 9.86. The topological polar surface area (TPSA) is 49.7 Å². The fourth-order valence-electron chi connectivity index (χ4n) is 2.17. The standard InChI is InChI=1S/C9H13NO2/c11-9(12)8-5-6-3-1-2-4-7(6)10-8/h6,8H,1-5H2,(H,11,12)/t6-,8+/m1/s1. The molecule has 66 valence electrons. The SMILES string of the molecule is O=C(O)[C@@H]1C[C@H]2CCCCC2=N1. The van der Waals surface area contributed by atoms with Crippen LogP contribution in [-0.4, -0.2) is 22.8 Å². The Balaban J connectivity index is 2.09. The van der Waals surface area contributed by atoms with E-state index in [4.69, 9.17) is 5.11 Å². The molecule has 1 aliphatic carbocycles. The molecule has 1 saturated carbocycles. The number of carboxylic acids is 1. The Bertz CT molecular complexity index is 235. The van der Waals surface area contributed by atoms with Crippen LogP contribution in [-0.2, 0) is 4.79 Å². The third-order valence-electron chi connectivity index (χ3n) is 2.82. The predicted octanol–water partition coefficient (Wildman–Crippen LogP) is 1.47. The first-order valence-electron chi connectivity index (χ1n) is 4.57. The van der Waals surface area contributed by atoms with E-state index in [9.17, 15) is 4.79 Å². The maximum Gasteiger partial charge on any atom is 0.328 e. The van der Waals surface area contributed by atoms with Crippen molar-refractivity contribution in [2.45, 2.75) is 38.1 Å². The summed E-state index contributed by atoms with van der Waals surface area (Å²) in [5.41, 5.74) is 1.17. The lowest BCUT2D eigenvalue weighted by molar-refractivity contribution is -0.138. The zero-order valence-electron chi connectivity index (χ0n) is 6.99. The molecule has 0 bridgehead atoms. The predicted molar refractivity (Wildman–Crippen MR) is 45.4 cm³/mol. The van der Waals surface area contributed by atoms with Gasteiger partial charge >= 0.3 is 5.97 Å². The van der Waals surface area contributed by atoms with Gasteiger partial charge in [-0.05, 0) is 31.6 Å². The van der Waals surface area contributed by atoms with Crippen LogP contribution in [0.15, 0.2) is 4.99 Å². The molecular weight excluding hydrogens is 154 g/mol. The summed E-state index contributed by atoms with van der Waals surface area (Å²) in [5, 5.41) is 8.75. The summed E-state index contributed by atoms with van der Waals surface area (Å²) in [6, 6.07) is -0.428. The molecule has 1 aliphatic heterocycles. The number of rotatable bonds is 1. The third-order valence-corrected chi connectivity index (χ3v) is 2.82. The minimum atomic E-state index is -0.753. The third kappa shape index (κ3) is 1.24. The number of aliphatic imine (C=N–C) groups is 1. The van der Waals surface area contributed by atoms with E-state index in [1.807, 2.05) is 0 Å². The molecule has 1 heterocycles. The van der Waals surface area contributed by atoms with Crippen molar-refractivity contribution in [1.29, 1.82) is 0 Å². The molecule has 3 nitrogen and oxygen atoms in total. The number of hydrogen-bond acceptors (Lipinski definition) is 2. The van der Waals surface area contributed by atoms with Gasteiger partial charge in [0.2, 0.25) is 0 Å². The smallest absolute Gasteiger partial charge is 0.328 e. The number of fused-ring (bicyclic) bond motifs is 1. The number of carbonyl (C=O) groups is 1. The maximum atomic E-state index is 10.6. The number of aliphatic carboxylic acids is 1. The van der Waals surface area contributed by atoms with Crippen molar-refractivity contribution in [2.24, 2.45) is 10.9 Å². The van der Waals surface area contributed by atoms with Gasteiger partial charge in [-0.1, -0.05) is 6.42 Å². The van der Waals surface area contributed by atoms with Crippen LogP contribution in [0.1, 0.15) is 32.1 Å². The highest BCUT2D eigenvalue weighted by Gasteiger charge is 2.33. The second-order valence-corrected chi connectivity index (χ2v) is 3.65. The van der Waals surface area contributed by atoms with Crippen LogP contribution in [0.5, 0.6) is 0 Å². The first-order valence-corrected chi connectivity index (χ1v) is 4.57. The maximum absolute atomic E-state index is 10.6. The highest BCUT2D eigenvalue weighted by molar-refractivity contribution is 5.93. The Morgan fingerprint density at radius 2 is 2.33 bits per heavy atom. The van der Waals surface area contributed by atoms with Gasteiger partial charge in [0.25, 0.3) is 0 Å². The molecule has 2 aliphatic rings. The summed E-state index contributed by atoms with van der Waals surface area (Å²) < 4.78 is 0. The minimum absolute atomic E-state index is 0.428. The summed E-state index contributed by atoms with van der Waals surface area (Å²) in [6.07, 6.45) is 5.39. The van der Waals surface area contributed by atoms with Gasteiger partial charge in [-0.25, -0.2) is 4.79 Å². The van der Waals surface area contributed by atoms with E-state index in [1.165, 1.54) is 18.6 Å². The van der Waals surface area contributed by atoms with Gasteiger partial charge in [-0.3, -0.25) is 4.99 Å². The van der Waals surface area contributed by atoms with E-state index >= 15 is 0 Å². The quantitative estimate of drug-likeness (QED) is 0.643. The average Bonchev–Trinajstić information content (AvgIpc) is 2.46. The van der Waals surface area contributed by atoms with Gasteiger partial charge < -0.3 is 5.11 Å². The molecule has 1 N–H and O–H groups in total. The molecule has 2 atom stereocenters. The second kappa shape index (κ2) is 2.88. The first-order chi connectivity index (χ1) is 5.77. The largest absolute Gasteiger partial charge is 0.480 e. The summed E-state index contributed by atoms with van der Waals surface area (Å²) in [7, 11) is 0. The van der Waals surface area contributed by atoms with Crippen molar-refractivity contribution < 1.29 is 9.90 Å². The van der Waals surface area contributed by atoms with Crippen molar-refractivity contribution in [2.75, 3.05) is 0 Å². The van der Waals surface area contributed by atoms with Gasteiger partial charge in [-0.15, -0.1) is 0 Å². The van der Waals surface area contributed by atoms with Crippen LogP contribution in [0.2, 0.25) is 0 Å². The zero-order chi connectivity index (χ0) is 8.55. The fourth-order valence-corrected chi connectivity index (χ4v) is 2.17. The van der Waals surface area contributed by atoms with Crippen molar-refractivity contribution in [3.8, 4) is 0 Å². The van der Waals surface area contributed by atoms with Gasteiger partial charge in [0.05, 0.1) is 0 Å². The van der Waals surface area contributed by atoms with Gasteiger partial charge in [0.15, 0.2) is 0 Å². The molecule has 0 saturated heterocycles. The van der Waals surface area contributed by atoms with E-state index < -0.39 is 12.0 Å². The van der Waals surface area contributed by atoms with E-state index in [0.29, 0.717) is 5.92 Å². The van der Waals surface area contributed by atoms with Crippen molar-refractivity contribution >= 4 is 11.7 Å². The molecule has 0 spiro atoms. The molecule has 3 heteroatoms. The first kappa shape index (κ1) is 7.77. The summed E-state index contributed by atoms with van der Waals surface area (Å²) in [5.74, 6) is -0.253. The van der Waals surface area contributed by atoms with E-state index in [1.54, 1.807) is 0 Å². The number of carboxylic acid groups (broad SMARTS) is 1. The Labute approximate surface area is 71.5 Å². The fraction of sp³-hybridized carbons (Fsp3) is 0.778. The monoisotopic (exact) mass is 167 g/mol. The summed E-state index contributed by atoms with van der Waals surface area (Å²) in [6.45, 7) is 0. The molecule has 0 aromatic rings. The lowest BCUT2D eigenvalue weighted by Gasteiger charge is -2.17. The minimum Gasteiger partial charge on any atom is -0.480 e.